The minimum absolute atomic E-state index is 0.00898. The second-order valence-corrected chi connectivity index (χ2v) is 6.12. The monoisotopic (exact) mass is 308 g/mol. The summed E-state index contributed by atoms with van der Waals surface area (Å²) in [6, 6.07) is 7.72. The Labute approximate surface area is 120 Å². The van der Waals surface area contributed by atoms with Crippen LogP contribution in [0, 0.1) is 0 Å². The van der Waals surface area contributed by atoms with Gasteiger partial charge in [0.05, 0.1) is 5.69 Å². The fourth-order valence-electron chi connectivity index (χ4n) is 1.91. The number of aromatic nitrogens is 1. The topological polar surface area (TPSA) is 88.7 Å². The van der Waals surface area contributed by atoms with Crippen LogP contribution in [0.5, 0.6) is 0 Å². The van der Waals surface area contributed by atoms with E-state index in [-0.39, 0.29) is 10.7 Å². The molecule has 8 heteroatoms. The van der Waals surface area contributed by atoms with Gasteiger partial charge in [-0.15, -0.1) is 4.40 Å². The second-order valence-electron chi connectivity index (χ2n) is 4.11. The molecule has 1 aromatic carbocycles. The number of nitrogens with zero attached hydrogens (tertiary/aromatic N) is 3. The molecule has 0 aliphatic carbocycles. The Morgan fingerprint density at radius 3 is 2.55 bits per heavy atom. The van der Waals surface area contributed by atoms with Gasteiger partial charge in [0.2, 0.25) is 0 Å². The fraction of sp³-hybridized carbons (Fsp3) is 0. The Kier molecular flexibility index (Phi) is 2.97. The van der Waals surface area contributed by atoms with Crippen molar-refractivity contribution in [3.63, 3.8) is 0 Å². The SMILES string of the molecule is NN1C(c2ccncc2)=NS(=O)(=O)c2cc(Cl)ccc21. The third-order valence-electron chi connectivity index (χ3n) is 2.83. The fourth-order valence-corrected chi connectivity index (χ4v) is 3.37. The van der Waals surface area contributed by atoms with E-state index in [9.17, 15) is 8.42 Å². The van der Waals surface area contributed by atoms with Gasteiger partial charge in [0.25, 0.3) is 10.0 Å². The molecule has 0 saturated heterocycles. The predicted octanol–water partition coefficient (Wildman–Crippen LogP) is 1.56. The summed E-state index contributed by atoms with van der Waals surface area (Å²) in [6.45, 7) is 0. The van der Waals surface area contributed by atoms with Crippen molar-refractivity contribution in [2.75, 3.05) is 5.01 Å². The lowest BCUT2D eigenvalue weighted by Crippen LogP contribution is -2.41. The Balaban J connectivity index is 2.23. The van der Waals surface area contributed by atoms with Crippen LogP contribution in [0.25, 0.3) is 0 Å². The molecule has 0 amide bonds. The number of pyridine rings is 1. The van der Waals surface area contributed by atoms with Crippen LogP contribution in [-0.4, -0.2) is 19.2 Å². The summed E-state index contributed by atoms with van der Waals surface area (Å²) in [4.78, 5) is 3.87. The highest BCUT2D eigenvalue weighted by Crippen LogP contribution is 2.33. The first-order chi connectivity index (χ1) is 9.49. The van der Waals surface area contributed by atoms with E-state index in [1.165, 1.54) is 23.5 Å². The lowest BCUT2D eigenvalue weighted by Gasteiger charge is -2.26. The zero-order valence-electron chi connectivity index (χ0n) is 10.1. The third-order valence-corrected chi connectivity index (χ3v) is 4.36. The normalized spacial score (nSPS) is 16.5. The van der Waals surface area contributed by atoms with Crippen molar-refractivity contribution in [1.29, 1.82) is 0 Å². The third kappa shape index (κ3) is 2.05. The Hall–Kier alpha value is -1.96. The lowest BCUT2D eigenvalue weighted by atomic mass is 10.2. The molecule has 2 N–H and O–H groups in total. The molecular weight excluding hydrogens is 300 g/mol. The number of nitrogens with two attached hydrogens (primary N) is 1. The summed E-state index contributed by atoms with van der Waals surface area (Å²) in [6.07, 6.45) is 3.07. The van der Waals surface area contributed by atoms with Crippen molar-refractivity contribution in [2.24, 2.45) is 10.2 Å². The van der Waals surface area contributed by atoms with Crippen LogP contribution >= 0.6 is 11.6 Å². The molecular formula is C12H9ClN4O2S. The highest BCUT2D eigenvalue weighted by Gasteiger charge is 2.30. The van der Waals surface area contributed by atoms with Crippen LogP contribution < -0.4 is 10.9 Å². The summed E-state index contributed by atoms with van der Waals surface area (Å²) in [5.74, 6) is 6.11. The summed E-state index contributed by atoms with van der Waals surface area (Å²) >= 11 is 5.82. The van der Waals surface area contributed by atoms with Crippen LogP contribution in [0.3, 0.4) is 0 Å². The maximum Gasteiger partial charge on any atom is 0.286 e. The van der Waals surface area contributed by atoms with Gasteiger partial charge in [0.15, 0.2) is 5.84 Å². The number of hydrazine groups is 1. The van der Waals surface area contributed by atoms with Crippen LogP contribution in [0.4, 0.5) is 5.69 Å². The van der Waals surface area contributed by atoms with E-state index >= 15 is 0 Å². The molecule has 0 bridgehead atoms. The maximum atomic E-state index is 12.2. The molecule has 0 atom stereocenters. The van der Waals surface area contributed by atoms with E-state index in [2.05, 4.69) is 9.38 Å². The van der Waals surface area contributed by atoms with Crippen molar-refractivity contribution >= 4 is 33.1 Å². The van der Waals surface area contributed by atoms with Gasteiger partial charge in [-0.25, -0.2) is 5.84 Å². The Bertz CT molecular complexity index is 805. The number of hydrogen-bond acceptors (Lipinski definition) is 5. The molecule has 0 saturated carbocycles. The summed E-state index contributed by atoms with van der Waals surface area (Å²) in [7, 11) is -3.83. The quantitative estimate of drug-likeness (QED) is 0.808. The number of fused-ring (bicyclic) bond motifs is 1. The van der Waals surface area contributed by atoms with Crippen LogP contribution in [0.2, 0.25) is 5.02 Å². The summed E-state index contributed by atoms with van der Waals surface area (Å²) in [5, 5.41) is 1.53. The smallest absolute Gasteiger partial charge is 0.265 e. The van der Waals surface area contributed by atoms with Gasteiger partial charge in [-0.1, -0.05) is 11.6 Å². The van der Waals surface area contributed by atoms with Crippen molar-refractivity contribution in [3.05, 3.63) is 53.3 Å². The number of sulfonamides is 1. The van der Waals surface area contributed by atoms with Gasteiger partial charge in [-0.3, -0.25) is 9.99 Å². The molecule has 0 fully saturated rings. The molecule has 2 heterocycles. The van der Waals surface area contributed by atoms with Crippen molar-refractivity contribution in [3.8, 4) is 0 Å². The van der Waals surface area contributed by atoms with Crippen LogP contribution in [0.1, 0.15) is 5.56 Å². The van der Waals surface area contributed by atoms with Gasteiger partial charge >= 0.3 is 0 Å². The highest BCUT2D eigenvalue weighted by molar-refractivity contribution is 7.90. The number of anilines is 1. The number of halogens is 1. The van der Waals surface area contributed by atoms with E-state index in [1.54, 1.807) is 24.3 Å². The van der Waals surface area contributed by atoms with Crippen molar-refractivity contribution in [1.82, 2.24) is 4.98 Å². The maximum absolute atomic E-state index is 12.2. The summed E-state index contributed by atoms with van der Waals surface area (Å²) < 4.78 is 28.2. The molecule has 20 heavy (non-hydrogen) atoms. The molecule has 3 rings (SSSR count). The first-order valence-corrected chi connectivity index (χ1v) is 7.40. The number of hydrogen-bond donors (Lipinski definition) is 1. The second kappa shape index (κ2) is 4.55. The van der Waals surface area contributed by atoms with Crippen LogP contribution in [-0.2, 0) is 10.0 Å². The molecule has 102 valence electrons. The minimum atomic E-state index is -3.83. The first kappa shape index (κ1) is 13.0. The molecule has 0 unspecified atom stereocenters. The average Bonchev–Trinajstić information content (AvgIpc) is 2.44. The number of amidine groups is 1. The van der Waals surface area contributed by atoms with Crippen molar-refractivity contribution in [2.45, 2.75) is 4.90 Å². The molecule has 0 radical (unpaired) electrons. The van der Waals surface area contributed by atoms with Gasteiger partial charge in [-0.2, -0.15) is 8.42 Å². The number of benzene rings is 1. The zero-order chi connectivity index (χ0) is 14.3. The van der Waals surface area contributed by atoms with E-state index in [4.69, 9.17) is 17.4 Å². The molecule has 2 aromatic rings. The zero-order valence-corrected chi connectivity index (χ0v) is 11.6. The van der Waals surface area contributed by atoms with Crippen LogP contribution in [0.15, 0.2) is 52.0 Å². The van der Waals surface area contributed by atoms with Gasteiger partial charge in [-0.05, 0) is 30.3 Å². The van der Waals surface area contributed by atoms with Gasteiger partial charge in [0, 0.05) is 23.0 Å². The standard InChI is InChI=1S/C12H9ClN4O2S/c13-9-1-2-10-11(7-9)20(18,19)16-12(17(10)14)8-3-5-15-6-4-8/h1-7H,14H2. The number of rotatable bonds is 1. The van der Waals surface area contributed by atoms with E-state index in [1.807, 2.05) is 0 Å². The van der Waals surface area contributed by atoms with Gasteiger partial charge in [0.1, 0.15) is 4.90 Å². The molecule has 1 aliphatic heterocycles. The largest absolute Gasteiger partial charge is 0.286 e. The Morgan fingerprint density at radius 2 is 1.85 bits per heavy atom. The van der Waals surface area contributed by atoms with E-state index < -0.39 is 10.0 Å². The average molecular weight is 309 g/mol. The van der Waals surface area contributed by atoms with Gasteiger partial charge < -0.3 is 0 Å². The molecule has 1 aliphatic rings. The van der Waals surface area contributed by atoms with Crippen molar-refractivity contribution < 1.29 is 8.42 Å². The molecule has 1 aromatic heterocycles. The first-order valence-electron chi connectivity index (χ1n) is 5.59. The van der Waals surface area contributed by atoms with E-state index in [0.717, 1.165) is 0 Å². The molecule has 6 nitrogen and oxygen atoms in total. The Morgan fingerprint density at radius 1 is 1.15 bits per heavy atom. The lowest BCUT2D eigenvalue weighted by molar-refractivity contribution is 0.597. The minimum Gasteiger partial charge on any atom is -0.265 e. The van der Waals surface area contributed by atoms with E-state index in [0.29, 0.717) is 16.3 Å². The molecule has 0 spiro atoms. The summed E-state index contributed by atoms with van der Waals surface area (Å²) in [5.41, 5.74) is 0.892. The highest BCUT2D eigenvalue weighted by atomic mass is 35.5. The predicted molar refractivity (Wildman–Crippen MR) is 76.1 cm³/mol.